The van der Waals surface area contributed by atoms with Crippen molar-refractivity contribution in [1.82, 2.24) is 5.43 Å². The van der Waals surface area contributed by atoms with Crippen LogP contribution in [0.3, 0.4) is 0 Å². The lowest BCUT2D eigenvalue weighted by Gasteiger charge is -2.22. The molecule has 0 radical (unpaired) electrons. The van der Waals surface area contributed by atoms with Crippen LogP contribution in [0.5, 0.6) is 0 Å². The van der Waals surface area contributed by atoms with Crippen LogP contribution >= 0.6 is 0 Å². The van der Waals surface area contributed by atoms with Crippen LogP contribution in [0.4, 0.5) is 11.4 Å². The Morgan fingerprint density at radius 2 is 1.50 bits per heavy atom. The van der Waals surface area contributed by atoms with Gasteiger partial charge in [0.25, 0.3) is 5.91 Å². The molecule has 3 N–H and O–H groups in total. The van der Waals surface area contributed by atoms with E-state index < -0.39 is 0 Å². The summed E-state index contributed by atoms with van der Waals surface area (Å²) >= 11 is 0. The highest BCUT2D eigenvalue weighted by molar-refractivity contribution is 6.01. The van der Waals surface area contributed by atoms with Crippen LogP contribution in [0.15, 0.2) is 53.6 Å². The second-order valence-corrected chi connectivity index (χ2v) is 6.71. The van der Waals surface area contributed by atoms with Crippen LogP contribution in [-0.4, -0.2) is 24.7 Å². The van der Waals surface area contributed by atoms with Gasteiger partial charge in [-0.15, -0.1) is 0 Å². The minimum absolute atomic E-state index is 0.245. The van der Waals surface area contributed by atoms with Gasteiger partial charge in [0, 0.05) is 30.0 Å². The lowest BCUT2D eigenvalue weighted by molar-refractivity contribution is 0.0955. The van der Waals surface area contributed by atoms with Crippen molar-refractivity contribution in [2.75, 3.05) is 23.7 Å². The Bertz CT molecular complexity index is 758. The number of amides is 1. The molecule has 2 aromatic carbocycles. The van der Waals surface area contributed by atoms with E-state index in [0.29, 0.717) is 11.3 Å². The minimum atomic E-state index is -0.245. The Balaban J connectivity index is 1.63. The van der Waals surface area contributed by atoms with Gasteiger partial charge >= 0.3 is 0 Å². The first-order valence-electron chi connectivity index (χ1n) is 9.19. The fourth-order valence-electron chi connectivity index (χ4n) is 3.14. The molecule has 2 aromatic rings. The summed E-state index contributed by atoms with van der Waals surface area (Å²) in [5.41, 5.74) is 12.4. The van der Waals surface area contributed by atoms with Crippen LogP contribution in [-0.2, 0) is 0 Å². The standard InChI is InChI=1S/C21H26N4O/c1-16(23-24-21(26)18-6-10-19(22)11-7-18)17-8-12-20(13-9-17)25-14-4-2-3-5-15-25/h6-13H,2-5,14-15,22H2,1H3,(H,24,26)/b23-16-. The van der Waals surface area contributed by atoms with E-state index in [9.17, 15) is 4.79 Å². The van der Waals surface area contributed by atoms with Crippen molar-refractivity contribution in [3.63, 3.8) is 0 Å². The van der Waals surface area contributed by atoms with Gasteiger partial charge in [0.15, 0.2) is 0 Å². The summed E-state index contributed by atoms with van der Waals surface area (Å²) in [5.74, 6) is -0.245. The highest BCUT2D eigenvalue weighted by Gasteiger charge is 2.10. The summed E-state index contributed by atoms with van der Waals surface area (Å²) in [6.45, 7) is 4.15. The van der Waals surface area contributed by atoms with Crippen molar-refractivity contribution >= 4 is 23.0 Å². The molecule has 136 valence electrons. The number of carbonyl (C=O) groups excluding carboxylic acids is 1. The molecule has 5 nitrogen and oxygen atoms in total. The SMILES string of the molecule is C/C(=N/NC(=O)c1ccc(N)cc1)c1ccc(N2CCCCCC2)cc1. The topological polar surface area (TPSA) is 70.7 Å². The number of hydrazone groups is 1. The van der Waals surface area contributed by atoms with Gasteiger partial charge in [-0.25, -0.2) is 5.43 Å². The van der Waals surface area contributed by atoms with Crippen LogP contribution in [0.2, 0.25) is 0 Å². The maximum Gasteiger partial charge on any atom is 0.271 e. The average Bonchev–Trinajstić information content (AvgIpc) is 2.96. The number of nitrogens with one attached hydrogen (secondary N) is 1. The van der Waals surface area contributed by atoms with Crippen molar-refractivity contribution in [2.45, 2.75) is 32.6 Å². The third-order valence-electron chi connectivity index (χ3n) is 4.75. The van der Waals surface area contributed by atoms with E-state index in [4.69, 9.17) is 5.73 Å². The summed E-state index contributed by atoms with van der Waals surface area (Å²) < 4.78 is 0. The first-order valence-corrected chi connectivity index (χ1v) is 9.19. The Morgan fingerprint density at radius 3 is 2.12 bits per heavy atom. The van der Waals surface area contributed by atoms with Crippen LogP contribution in [0, 0.1) is 0 Å². The van der Waals surface area contributed by atoms with E-state index in [0.717, 1.165) is 24.4 Å². The lowest BCUT2D eigenvalue weighted by Crippen LogP contribution is -2.23. The Labute approximate surface area is 154 Å². The zero-order chi connectivity index (χ0) is 18.4. The smallest absolute Gasteiger partial charge is 0.271 e. The van der Waals surface area contributed by atoms with Crippen LogP contribution < -0.4 is 16.1 Å². The molecule has 0 saturated carbocycles. The molecule has 0 atom stereocenters. The zero-order valence-electron chi connectivity index (χ0n) is 15.2. The molecule has 1 saturated heterocycles. The van der Waals surface area contributed by atoms with Crippen molar-refractivity contribution < 1.29 is 4.79 Å². The highest BCUT2D eigenvalue weighted by Crippen LogP contribution is 2.20. The molecule has 1 aliphatic rings. The van der Waals surface area contributed by atoms with Crippen molar-refractivity contribution in [1.29, 1.82) is 0 Å². The predicted octanol–water partition coefficient (Wildman–Crippen LogP) is 3.80. The van der Waals surface area contributed by atoms with E-state index in [2.05, 4.69) is 39.7 Å². The number of nitrogens with two attached hydrogens (primary N) is 1. The predicted molar refractivity (Wildman–Crippen MR) is 108 cm³/mol. The molecule has 5 heteroatoms. The van der Waals surface area contributed by atoms with Gasteiger partial charge in [0.2, 0.25) is 0 Å². The van der Waals surface area contributed by atoms with Crippen molar-refractivity contribution in [2.24, 2.45) is 5.10 Å². The highest BCUT2D eigenvalue weighted by atomic mass is 16.2. The molecular formula is C21H26N4O. The molecule has 3 rings (SSSR count). The van der Waals surface area contributed by atoms with Gasteiger partial charge in [0.1, 0.15) is 0 Å². The molecule has 1 aliphatic heterocycles. The fourth-order valence-corrected chi connectivity index (χ4v) is 3.14. The maximum atomic E-state index is 12.1. The maximum absolute atomic E-state index is 12.1. The number of hydrogen-bond donors (Lipinski definition) is 2. The fraction of sp³-hybridized carbons (Fsp3) is 0.333. The Kier molecular flexibility index (Phi) is 5.89. The van der Waals surface area contributed by atoms with Gasteiger partial charge in [-0.2, -0.15) is 5.10 Å². The van der Waals surface area contributed by atoms with Crippen molar-refractivity contribution in [3.8, 4) is 0 Å². The second-order valence-electron chi connectivity index (χ2n) is 6.71. The minimum Gasteiger partial charge on any atom is -0.399 e. The monoisotopic (exact) mass is 350 g/mol. The molecule has 0 unspecified atom stereocenters. The second kappa shape index (κ2) is 8.52. The molecular weight excluding hydrogens is 324 g/mol. The molecule has 1 amide bonds. The van der Waals surface area contributed by atoms with E-state index in [1.165, 1.54) is 31.4 Å². The van der Waals surface area contributed by atoms with Gasteiger partial charge in [0.05, 0.1) is 5.71 Å². The zero-order valence-corrected chi connectivity index (χ0v) is 15.2. The molecule has 1 heterocycles. The van der Waals surface area contributed by atoms with E-state index in [1.807, 2.05) is 6.92 Å². The number of carbonyl (C=O) groups is 1. The van der Waals surface area contributed by atoms with Crippen LogP contribution in [0.1, 0.15) is 48.5 Å². The summed E-state index contributed by atoms with van der Waals surface area (Å²) in [6.07, 6.45) is 5.18. The summed E-state index contributed by atoms with van der Waals surface area (Å²) in [6, 6.07) is 15.2. The van der Waals surface area contributed by atoms with E-state index in [1.54, 1.807) is 24.3 Å². The summed E-state index contributed by atoms with van der Waals surface area (Å²) in [4.78, 5) is 14.6. The summed E-state index contributed by atoms with van der Waals surface area (Å²) in [5, 5.41) is 4.22. The van der Waals surface area contributed by atoms with Gasteiger partial charge in [-0.05, 0) is 61.7 Å². The third kappa shape index (κ3) is 4.63. The first-order chi connectivity index (χ1) is 12.6. The first kappa shape index (κ1) is 18.0. The van der Waals surface area contributed by atoms with Gasteiger partial charge in [-0.3, -0.25) is 4.79 Å². The Hall–Kier alpha value is -2.82. The van der Waals surface area contributed by atoms with Gasteiger partial charge < -0.3 is 10.6 Å². The Morgan fingerprint density at radius 1 is 0.923 bits per heavy atom. The number of nitrogens with zero attached hydrogens (tertiary/aromatic N) is 2. The summed E-state index contributed by atoms with van der Waals surface area (Å²) in [7, 11) is 0. The van der Waals surface area contributed by atoms with Gasteiger partial charge in [-0.1, -0.05) is 25.0 Å². The third-order valence-corrected chi connectivity index (χ3v) is 4.75. The number of hydrogen-bond acceptors (Lipinski definition) is 4. The molecule has 1 fully saturated rings. The van der Waals surface area contributed by atoms with E-state index in [-0.39, 0.29) is 5.91 Å². The average molecular weight is 350 g/mol. The van der Waals surface area contributed by atoms with Crippen LogP contribution in [0.25, 0.3) is 0 Å². The number of nitrogen functional groups attached to an aromatic ring is 1. The normalized spacial score (nSPS) is 15.4. The number of anilines is 2. The number of rotatable bonds is 4. The van der Waals surface area contributed by atoms with E-state index >= 15 is 0 Å². The van der Waals surface area contributed by atoms with Crippen molar-refractivity contribution in [3.05, 3.63) is 59.7 Å². The molecule has 0 bridgehead atoms. The number of benzene rings is 2. The largest absolute Gasteiger partial charge is 0.399 e. The quantitative estimate of drug-likeness (QED) is 0.500. The lowest BCUT2D eigenvalue weighted by atomic mass is 10.1. The molecule has 0 aliphatic carbocycles. The molecule has 26 heavy (non-hydrogen) atoms. The molecule has 0 aromatic heterocycles. The molecule has 0 spiro atoms.